The van der Waals surface area contributed by atoms with Gasteiger partial charge in [-0.2, -0.15) is 4.98 Å². The molecule has 4 heteroatoms. The zero-order valence-electron chi connectivity index (χ0n) is 9.54. The molecule has 0 amide bonds. The molecule has 1 aromatic carbocycles. The van der Waals surface area contributed by atoms with Gasteiger partial charge in [0, 0.05) is 13.1 Å². The first-order valence-electron chi connectivity index (χ1n) is 5.95. The van der Waals surface area contributed by atoms with Gasteiger partial charge < -0.3 is 9.84 Å². The third-order valence-electron chi connectivity index (χ3n) is 3.35. The first-order chi connectivity index (χ1) is 8.43. The van der Waals surface area contributed by atoms with Crippen LogP contribution in [0.3, 0.4) is 0 Å². The van der Waals surface area contributed by atoms with Crippen molar-refractivity contribution in [3.63, 3.8) is 0 Å². The fraction of sp³-hybridized carbons (Fsp3) is 0.385. The molecule has 0 aliphatic carbocycles. The summed E-state index contributed by atoms with van der Waals surface area (Å²) in [6, 6.07) is 10.6. The van der Waals surface area contributed by atoms with E-state index in [0.29, 0.717) is 11.8 Å². The van der Waals surface area contributed by atoms with E-state index < -0.39 is 0 Å². The molecule has 3 rings (SSSR count). The number of piperidine rings is 1. The van der Waals surface area contributed by atoms with Gasteiger partial charge in [0.05, 0.1) is 5.92 Å². The Bertz CT molecular complexity index is 455. The van der Waals surface area contributed by atoms with E-state index in [1.54, 1.807) is 0 Å². The molecular formula is C13H15N3O. The fourth-order valence-electron chi connectivity index (χ4n) is 2.47. The summed E-state index contributed by atoms with van der Waals surface area (Å²) < 4.78 is 5.16. The van der Waals surface area contributed by atoms with Gasteiger partial charge in [-0.25, -0.2) is 0 Å². The van der Waals surface area contributed by atoms with Crippen molar-refractivity contribution in [2.24, 2.45) is 0 Å². The second kappa shape index (κ2) is 4.67. The quantitative estimate of drug-likeness (QED) is 0.855. The lowest BCUT2D eigenvalue weighted by molar-refractivity contribution is 0.308. The Kier molecular flexibility index (Phi) is 2.88. The minimum atomic E-state index is 0.330. The SMILES string of the molecule is c1ccc(C2CNCC(c3ncno3)C2)cc1. The van der Waals surface area contributed by atoms with Crippen LogP contribution in [0.25, 0.3) is 0 Å². The maximum Gasteiger partial charge on any atom is 0.230 e. The van der Waals surface area contributed by atoms with Crippen LogP contribution in [0.4, 0.5) is 0 Å². The summed E-state index contributed by atoms with van der Waals surface area (Å²) in [4.78, 5) is 4.15. The molecule has 1 aliphatic heterocycles. The predicted octanol–water partition coefficient (Wildman–Crippen LogP) is 1.93. The van der Waals surface area contributed by atoms with Crippen LogP contribution in [0.15, 0.2) is 41.2 Å². The van der Waals surface area contributed by atoms with Crippen molar-refractivity contribution in [3.05, 3.63) is 48.1 Å². The number of nitrogens with zero attached hydrogens (tertiary/aromatic N) is 2. The lowest BCUT2D eigenvalue weighted by Gasteiger charge is -2.28. The molecule has 1 saturated heterocycles. The number of rotatable bonds is 2. The van der Waals surface area contributed by atoms with Crippen LogP contribution in [-0.4, -0.2) is 23.2 Å². The highest BCUT2D eigenvalue weighted by Gasteiger charge is 2.27. The van der Waals surface area contributed by atoms with Crippen molar-refractivity contribution >= 4 is 0 Å². The van der Waals surface area contributed by atoms with Gasteiger partial charge in [0.1, 0.15) is 0 Å². The van der Waals surface area contributed by atoms with Crippen LogP contribution < -0.4 is 5.32 Å². The topological polar surface area (TPSA) is 51.0 Å². The average molecular weight is 229 g/mol. The molecule has 1 aromatic heterocycles. The maximum atomic E-state index is 5.16. The van der Waals surface area contributed by atoms with Gasteiger partial charge in [0.15, 0.2) is 6.33 Å². The van der Waals surface area contributed by atoms with Crippen LogP contribution in [0.1, 0.15) is 29.7 Å². The Hall–Kier alpha value is -1.68. The average Bonchev–Trinajstić information content (AvgIpc) is 2.94. The molecule has 17 heavy (non-hydrogen) atoms. The van der Waals surface area contributed by atoms with Crippen LogP contribution in [0.2, 0.25) is 0 Å². The Morgan fingerprint density at radius 3 is 2.71 bits per heavy atom. The first-order valence-corrected chi connectivity index (χ1v) is 5.95. The van der Waals surface area contributed by atoms with Gasteiger partial charge in [0.2, 0.25) is 5.89 Å². The van der Waals surface area contributed by atoms with E-state index >= 15 is 0 Å². The second-order valence-corrected chi connectivity index (χ2v) is 4.48. The summed E-state index contributed by atoms with van der Waals surface area (Å²) >= 11 is 0. The zero-order valence-corrected chi connectivity index (χ0v) is 9.54. The molecule has 1 N–H and O–H groups in total. The summed E-state index contributed by atoms with van der Waals surface area (Å²) in [5.41, 5.74) is 1.38. The van der Waals surface area contributed by atoms with Crippen LogP contribution in [0.5, 0.6) is 0 Å². The number of nitrogens with one attached hydrogen (secondary N) is 1. The molecule has 2 unspecified atom stereocenters. The summed E-state index contributed by atoms with van der Waals surface area (Å²) in [5, 5.41) is 7.13. The van der Waals surface area contributed by atoms with Crippen LogP contribution >= 0.6 is 0 Å². The molecule has 0 saturated carbocycles. The Balaban J connectivity index is 1.76. The van der Waals surface area contributed by atoms with Crippen molar-refractivity contribution < 1.29 is 4.52 Å². The van der Waals surface area contributed by atoms with Gasteiger partial charge >= 0.3 is 0 Å². The predicted molar refractivity (Wildman–Crippen MR) is 63.7 cm³/mol. The van der Waals surface area contributed by atoms with Crippen LogP contribution in [0, 0.1) is 0 Å². The molecule has 2 aromatic rings. The van der Waals surface area contributed by atoms with Crippen molar-refractivity contribution in [2.75, 3.05) is 13.1 Å². The summed E-state index contributed by atoms with van der Waals surface area (Å²) in [6.07, 6.45) is 2.54. The van der Waals surface area contributed by atoms with Gasteiger partial charge in [0.25, 0.3) is 0 Å². The minimum absolute atomic E-state index is 0.330. The Morgan fingerprint density at radius 1 is 1.12 bits per heavy atom. The third-order valence-corrected chi connectivity index (χ3v) is 3.35. The number of hydrogen-bond acceptors (Lipinski definition) is 4. The highest BCUT2D eigenvalue weighted by atomic mass is 16.5. The lowest BCUT2D eigenvalue weighted by Crippen LogP contribution is -2.34. The lowest BCUT2D eigenvalue weighted by atomic mass is 9.85. The second-order valence-electron chi connectivity index (χ2n) is 4.48. The van der Waals surface area contributed by atoms with Gasteiger partial charge in [-0.3, -0.25) is 0 Å². The van der Waals surface area contributed by atoms with E-state index in [1.165, 1.54) is 11.9 Å². The van der Waals surface area contributed by atoms with Crippen molar-refractivity contribution in [2.45, 2.75) is 18.3 Å². The van der Waals surface area contributed by atoms with E-state index in [-0.39, 0.29) is 0 Å². The first kappa shape index (κ1) is 10.5. The Morgan fingerprint density at radius 2 is 1.94 bits per heavy atom. The largest absolute Gasteiger partial charge is 0.339 e. The van der Waals surface area contributed by atoms with Gasteiger partial charge in [-0.1, -0.05) is 35.5 Å². The molecule has 88 valence electrons. The zero-order chi connectivity index (χ0) is 11.5. The van der Waals surface area contributed by atoms with Gasteiger partial charge in [-0.15, -0.1) is 0 Å². The normalized spacial score (nSPS) is 24.7. The smallest absolute Gasteiger partial charge is 0.230 e. The third kappa shape index (κ3) is 2.22. The van der Waals surface area contributed by atoms with E-state index in [4.69, 9.17) is 4.52 Å². The van der Waals surface area contributed by atoms with Crippen molar-refractivity contribution in [3.8, 4) is 0 Å². The molecule has 2 heterocycles. The summed E-state index contributed by atoms with van der Waals surface area (Å²) in [7, 11) is 0. The highest BCUT2D eigenvalue weighted by molar-refractivity contribution is 5.21. The van der Waals surface area contributed by atoms with E-state index in [2.05, 4.69) is 45.8 Å². The number of aromatic nitrogens is 2. The van der Waals surface area contributed by atoms with Crippen LogP contribution in [-0.2, 0) is 0 Å². The maximum absolute atomic E-state index is 5.16. The molecule has 4 nitrogen and oxygen atoms in total. The minimum Gasteiger partial charge on any atom is -0.339 e. The van der Waals surface area contributed by atoms with E-state index in [0.717, 1.165) is 25.4 Å². The monoisotopic (exact) mass is 229 g/mol. The molecule has 2 atom stereocenters. The number of benzene rings is 1. The number of hydrogen-bond donors (Lipinski definition) is 1. The van der Waals surface area contributed by atoms with E-state index in [9.17, 15) is 0 Å². The fourth-order valence-corrected chi connectivity index (χ4v) is 2.47. The van der Waals surface area contributed by atoms with Crippen molar-refractivity contribution in [1.29, 1.82) is 0 Å². The molecule has 1 aliphatic rings. The molecule has 0 radical (unpaired) electrons. The van der Waals surface area contributed by atoms with Crippen molar-refractivity contribution in [1.82, 2.24) is 15.5 Å². The summed E-state index contributed by atoms with van der Waals surface area (Å²) in [6.45, 7) is 1.94. The Labute approximate surface area is 100 Å². The molecular weight excluding hydrogens is 214 g/mol. The molecule has 1 fully saturated rings. The molecule has 0 bridgehead atoms. The van der Waals surface area contributed by atoms with E-state index in [1.807, 2.05) is 0 Å². The standard InChI is InChI=1S/C13H15N3O/c1-2-4-10(5-3-1)11-6-12(8-14-7-11)13-15-9-16-17-13/h1-5,9,11-12,14H,6-8H2. The molecule has 0 spiro atoms. The highest BCUT2D eigenvalue weighted by Crippen LogP contribution is 2.31. The summed E-state index contributed by atoms with van der Waals surface area (Å²) in [5.74, 6) is 1.61. The van der Waals surface area contributed by atoms with Gasteiger partial charge in [-0.05, 0) is 17.9 Å².